The molecule has 1 saturated heterocycles. The molecule has 2 heterocycles. The number of hydrogen-bond donors (Lipinski definition) is 1. The fraction of sp³-hybridized carbons (Fsp3) is 0.643. The summed E-state index contributed by atoms with van der Waals surface area (Å²) in [5, 5.41) is 0. The summed E-state index contributed by atoms with van der Waals surface area (Å²) in [6.07, 6.45) is 5.28. The zero-order chi connectivity index (χ0) is 13.1. The lowest BCUT2D eigenvalue weighted by molar-refractivity contribution is 0.0749. The molecule has 0 radical (unpaired) electrons. The van der Waals surface area contributed by atoms with Gasteiger partial charge in [0.15, 0.2) is 0 Å². The number of nitrogens with two attached hydrogens (primary N) is 1. The zero-order valence-corrected chi connectivity index (χ0v) is 11.4. The minimum atomic E-state index is 0.127. The predicted molar refractivity (Wildman–Crippen MR) is 73.4 cm³/mol. The summed E-state index contributed by atoms with van der Waals surface area (Å²) >= 11 is 0. The van der Waals surface area contributed by atoms with Crippen molar-refractivity contribution in [3.63, 3.8) is 0 Å². The molecule has 1 aromatic rings. The largest absolute Gasteiger partial charge is 0.397 e. The molecule has 2 N–H and O–H groups in total. The Morgan fingerprint density at radius 2 is 2.22 bits per heavy atom. The molecule has 0 aromatic carbocycles. The molecule has 0 aliphatic carbocycles. The summed E-state index contributed by atoms with van der Waals surface area (Å²) in [6.45, 7) is 6.82. The van der Waals surface area contributed by atoms with Gasteiger partial charge in [0, 0.05) is 25.8 Å². The van der Waals surface area contributed by atoms with Crippen LogP contribution in [0.15, 0.2) is 12.3 Å². The van der Waals surface area contributed by atoms with Crippen molar-refractivity contribution in [2.45, 2.75) is 39.7 Å². The molecule has 1 fully saturated rings. The summed E-state index contributed by atoms with van der Waals surface area (Å²) in [5.41, 5.74) is 7.18. The molecule has 0 bridgehead atoms. The van der Waals surface area contributed by atoms with Crippen molar-refractivity contribution < 1.29 is 4.79 Å². The number of hydrogen-bond acceptors (Lipinski definition) is 2. The average molecular weight is 249 g/mol. The molecular formula is C14H23N3O. The third-order valence-electron chi connectivity index (χ3n) is 3.78. The van der Waals surface area contributed by atoms with E-state index in [0.29, 0.717) is 5.69 Å². The van der Waals surface area contributed by atoms with E-state index in [2.05, 4.69) is 6.92 Å². The first-order valence-corrected chi connectivity index (χ1v) is 6.86. The lowest BCUT2D eigenvalue weighted by Gasteiger charge is -2.21. The van der Waals surface area contributed by atoms with Gasteiger partial charge >= 0.3 is 0 Å². The van der Waals surface area contributed by atoms with Gasteiger partial charge < -0.3 is 15.2 Å². The van der Waals surface area contributed by atoms with Gasteiger partial charge in [0.1, 0.15) is 5.69 Å². The molecule has 0 saturated carbocycles. The molecule has 4 nitrogen and oxygen atoms in total. The van der Waals surface area contributed by atoms with Gasteiger partial charge in [-0.3, -0.25) is 4.79 Å². The van der Waals surface area contributed by atoms with Crippen LogP contribution < -0.4 is 5.73 Å². The lowest BCUT2D eigenvalue weighted by Crippen LogP contribution is -2.33. The van der Waals surface area contributed by atoms with Crippen LogP contribution in [0.2, 0.25) is 0 Å². The van der Waals surface area contributed by atoms with Crippen LogP contribution in [0.25, 0.3) is 0 Å². The van der Waals surface area contributed by atoms with E-state index in [1.165, 1.54) is 6.42 Å². The molecule has 18 heavy (non-hydrogen) atoms. The van der Waals surface area contributed by atoms with E-state index in [1.807, 2.05) is 22.6 Å². The van der Waals surface area contributed by atoms with E-state index in [9.17, 15) is 4.79 Å². The maximum atomic E-state index is 12.5. The van der Waals surface area contributed by atoms with Gasteiger partial charge in [-0.1, -0.05) is 6.92 Å². The van der Waals surface area contributed by atoms with E-state index < -0.39 is 0 Å². The third-order valence-corrected chi connectivity index (χ3v) is 3.78. The van der Waals surface area contributed by atoms with Crippen molar-refractivity contribution in [1.82, 2.24) is 9.47 Å². The van der Waals surface area contributed by atoms with Crippen molar-refractivity contribution in [3.8, 4) is 0 Å². The maximum absolute atomic E-state index is 12.5. The van der Waals surface area contributed by atoms with Crippen LogP contribution >= 0.6 is 0 Å². The van der Waals surface area contributed by atoms with E-state index >= 15 is 0 Å². The highest BCUT2D eigenvalue weighted by Gasteiger charge is 2.22. The van der Waals surface area contributed by atoms with Crippen molar-refractivity contribution in [1.29, 1.82) is 0 Å². The first-order chi connectivity index (χ1) is 8.61. The van der Waals surface area contributed by atoms with Crippen LogP contribution in [0.3, 0.4) is 0 Å². The summed E-state index contributed by atoms with van der Waals surface area (Å²) in [6, 6.07) is 1.79. The van der Waals surface area contributed by atoms with Crippen molar-refractivity contribution in [2.75, 3.05) is 18.8 Å². The van der Waals surface area contributed by atoms with Gasteiger partial charge in [0.2, 0.25) is 0 Å². The van der Waals surface area contributed by atoms with E-state index in [0.717, 1.165) is 44.1 Å². The molecule has 4 heteroatoms. The summed E-state index contributed by atoms with van der Waals surface area (Å²) in [7, 11) is 0. The molecule has 1 aromatic heterocycles. The Morgan fingerprint density at radius 3 is 2.94 bits per heavy atom. The fourth-order valence-corrected chi connectivity index (χ4v) is 2.60. The second kappa shape index (κ2) is 5.46. The van der Waals surface area contributed by atoms with Crippen LogP contribution in [-0.2, 0) is 6.54 Å². The first-order valence-electron chi connectivity index (χ1n) is 6.86. The Balaban J connectivity index is 2.14. The quantitative estimate of drug-likeness (QED) is 0.874. The minimum absolute atomic E-state index is 0.127. The van der Waals surface area contributed by atoms with Gasteiger partial charge in [-0.15, -0.1) is 0 Å². The molecule has 2 rings (SSSR count). The van der Waals surface area contributed by atoms with Crippen LogP contribution in [0.5, 0.6) is 0 Å². The molecule has 1 amide bonds. The Labute approximate surface area is 109 Å². The zero-order valence-electron chi connectivity index (χ0n) is 11.4. The Kier molecular flexibility index (Phi) is 3.94. The van der Waals surface area contributed by atoms with E-state index in [4.69, 9.17) is 5.73 Å². The number of carbonyl (C=O) groups is 1. The molecule has 1 atom stereocenters. The number of nitrogens with zero attached hydrogens (tertiary/aromatic N) is 2. The fourth-order valence-electron chi connectivity index (χ4n) is 2.60. The highest BCUT2D eigenvalue weighted by Crippen LogP contribution is 2.19. The Morgan fingerprint density at radius 1 is 1.44 bits per heavy atom. The topological polar surface area (TPSA) is 51.3 Å². The van der Waals surface area contributed by atoms with E-state index in [1.54, 1.807) is 6.07 Å². The normalized spacial score (nSPS) is 20.8. The van der Waals surface area contributed by atoms with Gasteiger partial charge in [-0.2, -0.15) is 0 Å². The number of nitrogen functional groups attached to an aromatic ring is 1. The number of rotatable bonds is 2. The Bertz CT molecular complexity index is 425. The van der Waals surface area contributed by atoms with Crippen LogP contribution in [-0.4, -0.2) is 28.5 Å². The minimum Gasteiger partial charge on any atom is -0.397 e. The molecule has 100 valence electrons. The number of aromatic nitrogens is 1. The molecule has 1 aliphatic rings. The number of amides is 1. The smallest absolute Gasteiger partial charge is 0.270 e. The number of anilines is 1. The molecule has 1 aliphatic heterocycles. The summed E-state index contributed by atoms with van der Waals surface area (Å²) in [5.74, 6) is 0.855. The van der Waals surface area contributed by atoms with Crippen molar-refractivity contribution >= 4 is 11.6 Å². The van der Waals surface area contributed by atoms with Crippen molar-refractivity contribution in [3.05, 3.63) is 18.0 Å². The van der Waals surface area contributed by atoms with Gasteiger partial charge in [0.05, 0.1) is 5.69 Å². The first kappa shape index (κ1) is 13.0. The number of aryl methyl sites for hydroxylation is 1. The second-order valence-corrected chi connectivity index (χ2v) is 5.27. The van der Waals surface area contributed by atoms with Crippen LogP contribution in [0.4, 0.5) is 5.69 Å². The lowest BCUT2D eigenvalue weighted by atomic mass is 10.0. The summed E-state index contributed by atoms with van der Waals surface area (Å²) in [4.78, 5) is 14.5. The number of likely N-dealkylation sites (tertiary alicyclic amines) is 1. The highest BCUT2D eigenvalue weighted by molar-refractivity contribution is 5.93. The summed E-state index contributed by atoms with van der Waals surface area (Å²) < 4.78 is 1.94. The molecule has 1 unspecified atom stereocenters. The second-order valence-electron chi connectivity index (χ2n) is 5.27. The molecular weight excluding hydrogens is 226 g/mol. The standard InChI is InChI=1S/C14H23N3O/c1-3-16-10-12(15)9-13(16)14(18)17-7-4-5-11(2)6-8-17/h9-11H,3-8,15H2,1-2H3. The van der Waals surface area contributed by atoms with E-state index in [-0.39, 0.29) is 5.91 Å². The van der Waals surface area contributed by atoms with Crippen molar-refractivity contribution in [2.24, 2.45) is 5.92 Å². The monoisotopic (exact) mass is 249 g/mol. The van der Waals surface area contributed by atoms with Gasteiger partial charge in [-0.25, -0.2) is 0 Å². The van der Waals surface area contributed by atoms with Crippen LogP contribution in [0.1, 0.15) is 43.6 Å². The van der Waals surface area contributed by atoms with Gasteiger partial charge in [-0.05, 0) is 38.2 Å². The highest BCUT2D eigenvalue weighted by atomic mass is 16.2. The van der Waals surface area contributed by atoms with Crippen LogP contribution in [0, 0.1) is 5.92 Å². The predicted octanol–water partition coefficient (Wildman–Crippen LogP) is 2.35. The maximum Gasteiger partial charge on any atom is 0.270 e. The molecule has 0 spiro atoms. The third kappa shape index (κ3) is 2.68. The SMILES string of the molecule is CCn1cc(N)cc1C(=O)N1CCCC(C)CC1. The Hall–Kier alpha value is -1.45. The van der Waals surface area contributed by atoms with Gasteiger partial charge in [0.25, 0.3) is 5.91 Å². The average Bonchev–Trinajstić information content (AvgIpc) is 2.59. The number of carbonyl (C=O) groups excluding carboxylic acids is 1.